The summed E-state index contributed by atoms with van der Waals surface area (Å²) >= 11 is 9.07. The number of hydrogen-bond donors (Lipinski definition) is 1. The molecule has 0 aliphatic heterocycles. The molecule has 0 saturated carbocycles. The average molecular weight is 291 g/mol. The lowest BCUT2D eigenvalue weighted by Crippen LogP contribution is -2.04. The standard InChI is InChI=1S/C11H13BrClNO/c1-8(13)7-15-10-2-3-11(12)9(6-10)4-5-14/h2-3,6H,1,4-5,7,14H2. The quantitative estimate of drug-likeness (QED) is 0.904. The molecular weight excluding hydrogens is 277 g/mol. The Labute approximate surface area is 103 Å². The molecule has 0 aliphatic carbocycles. The molecule has 0 amide bonds. The second-order valence-corrected chi connectivity index (χ2v) is 4.49. The first kappa shape index (κ1) is 12.6. The zero-order valence-electron chi connectivity index (χ0n) is 8.30. The minimum absolute atomic E-state index is 0.325. The predicted octanol–water partition coefficient (Wildman–Crippen LogP) is 3.08. The van der Waals surface area contributed by atoms with Crippen molar-refractivity contribution in [1.82, 2.24) is 0 Å². The third-order valence-corrected chi connectivity index (χ3v) is 2.71. The summed E-state index contributed by atoms with van der Waals surface area (Å²) in [7, 11) is 0. The first-order chi connectivity index (χ1) is 7.13. The van der Waals surface area contributed by atoms with E-state index in [0.29, 0.717) is 18.2 Å². The molecule has 1 rings (SSSR count). The van der Waals surface area contributed by atoms with Crippen molar-refractivity contribution >= 4 is 27.5 Å². The van der Waals surface area contributed by atoms with Gasteiger partial charge in [0.15, 0.2) is 0 Å². The second-order valence-electron chi connectivity index (χ2n) is 3.10. The fourth-order valence-electron chi connectivity index (χ4n) is 1.15. The minimum Gasteiger partial charge on any atom is -0.488 e. The molecule has 0 fully saturated rings. The number of hydrogen-bond acceptors (Lipinski definition) is 2. The predicted molar refractivity (Wildman–Crippen MR) is 67.4 cm³/mol. The van der Waals surface area contributed by atoms with Crippen LogP contribution in [0.15, 0.2) is 34.3 Å². The summed E-state index contributed by atoms with van der Waals surface area (Å²) in [5.74, 6) is 0.781. The van der Waals surface area contributed by atoms with Crippen LogP contribution in [0.2, 0.25) is 0 Å². The molecule has 0 saturated heterocycles. The van der Waals surface area contributed by atoms with Crippen molar-refractivity contribution < 1.29 is 4.74 Å². The van der Waals surface area contributed by atoms with Crippen LogP contribution in [0.25, 0.3) is 0 Å². The molecule has 0 radical (unpaired) electrons. The van der Waals surface area contributed by atoms with E-state index in [1.807, 2.05) is 18.2 Å². The molecule has 1 aromatic carbocycles. The van der Waals surface area contributed by atoms with Crippen molar-refractivity contribution in [2.45, 2.75) is 6.42 Å². The Morgan fingerprint density at radius 1 is 1.53 bits per heavy atom. The summed E-state index contributed by atoms with van der Waals surface area (Å²) < 4.78 is 6.46. The van der Waals surface area contributed by atoms with Gasteiger partial charge in [-0.15, -0.1) is 0 Å². The van der Waals surface area contributed by atoms with E-state index in [2.05, 4.69) is 22.5 Å². The molecule has 15 heavy (non-hydrogen) atoms. The summed E-state index contributed by atoms with van der Waals surface area (Å²) in [6.45, 7) is 4.50. The number of halogens is 2. The van der Waals surface area contributed by atoms with E-state index in [0.717, 1.165) is 22.2 Å². The third-order valence-electron chi connectivity index (χ3n) is 1.83. The molecule has 1 aromatic rings. The number of rotatable bonds is 5. The molecular formula is C11H13BrClNO. The number of benzene rings is 1. The SMILES string of the molecule is C=C(Cl)COc1ccc(Br)c(CCN)c1. The topological polar surface area (TPSA) is 35.2 Å². The van der Waals surface area contributed by atoms with E-state index >= 15 is 0 Å². The van der Waals surface area contributed by atoms with Gasteiger partial charge in [-0.05, 0) is 36.7 Å². The summed E-state index contributed by atoms with van der Waals surface area (Å²) in [6.07, 6.45) is 0.819. The zero-order valence-corrected chi connectivity index (χ0v) is 10.6. The van der Waals surface area contributed by atoms with Crippen LogP contribution >= 0.6 is 27.5 Å². The Kier molecular flexibility index (Phi) is 5.15. The van der Waals surface area contributed by atoms with Gasteiger partial charge >= 0.3 is 0 Å². The third kappa shape index (κ3) is 4.24. The Hall–Kier alpha value is -0.510. The Morgan fingerprint density at radius 2 is 2.27 bits per heavy atom. The van der Waals surface area contributed by atoms with E-state index in [4.69, 9.17) is 22.1 Å². The molecule has 2 N–H and O–H groups in total. The van der Waals surface area contributed by atoms with Gasteiger partial charge < -0.3 is 10.5 Å². The van der Waals surface area contributed by atoms with Gasteiger partial charge in [-0.3, -0.25) is 0 Å². The van der Waals surface area contributed by atoms with Gasteiger partial charge in [0, 0.05) is 9.51 Å². The molecule has 82 valence electrons. The zero-order chi connectivity index (χ0) is 11.3. The van der Waals surface area contributed by atoms with Gasteiger partial charge in [0.05, 0.1) is 0 Å². The maximum absolute atomic E-state index is 5.61. The lowest BCUT2D eigenvalue weighted by atomic mass is 10.1. The van der Waals surface area contributed by atoms with Crippen molar-refractivity contribution in [2.24, 2.45) is 5.73 Å². The smallest absolute Gasteiger partial charge is 0.123 e. The van der Waals surface area contributed by atoms with E-state index in [1.165, 1.54) is 0 Å². The van der Waals surface area contributed by atoms with Crippen molar-refractivity contribution in [2.75, 3.05) is 13.2 Å². The minimum atomic E-state index is 0.325. The second kappa shape index (κ2) is 6.16. The van der Waals surface area contributed by atoms with Gasteiger partial charge in [0.25, 0.3) is 0 Å². The van der Waals surface area contributed by atoms with Crippen LogP contribution in [-0.4, -0.2) is 13.2 Å². The van der Waals surface area contributed by atoms with Crippen LogP contribution in [0.4, 0.5) is 0 Å². The van der Waals surface area contributed by atoms with Gasteiger partial charge in [0.1, 0.15) is 12.4 Å². The number of nitrogens with two attached hydrogens (primary N) is 1. The highest BCUT2D eigenvalue weighted by Gasteiger charge is 2.02. The first-order valence-electron chi connectivity index (χ1n) is 4.58. The van der Waals surface area contributed by atoms with Crippen LogP contribution in [0, 0.1) is 0 Å². The van der Waals surface area contributed by atoms with Gasteiger partial charge in [-0.2, -0.15) is 0 Å². The summed E-state index contributed by atoms with van der Waals surface area (Å²) in [5, 5.41) is 0.485. The van der Waals surface area contributed by atoms with E-state index < -0.39 is 0 Å². The van der Waals surface area contributed by atoms with Crippen LogP contribution in [0.3, 0.4) is 0 Å². The lowest BCUT2D eigenvalue weighted by Gasteiger charge is -2.08. The van der Waals surface area contributed by atoms with Crippen molar-refractivity contribution in [3.63, 3.8) is 0 Å². The van der Waals surface area contributed by atoms with Gasteiger partial charge in [-0.1, -0.05) is 34.1 Å². The van der Waals surface area contributed by atoms with Crippen LogP contribution in [0.1, 0.15) is 5.56 Å². The van der Waals surface area contributed by atoms with Crippen LogP contribution in [-0.2, 0) is 6.42 Å². The molecule has 0 bridgehead atoms. The molecule has 0 unspecified atom stereocenters. The van der Waals surface area contributed by atoms with E-state index in [-0.39, 0.29) is 0 Å². The monoisotopic (exact) mass is 289 g/mol. The molecule has 0 aromatic heterocycles. The first-order valence-corrected chi connectivity index (χ1v) is 5.75. The largest absolute Gasteiger partial charge is 0.488 e. The fraction of sp³-hybridized carbons (Fsp3) is 0.273. The Morgan fingerprint density at radius 3 is 2.87 bits per heavy atom. The number of ether oxygens (including phenoxy) is 1. The fourth-order valence-corrected chi connectivity index (χ4v) is 1.65. The molecule has 0 spiro atoms. The Balaban J connectivity index is 2.73. The van der Waals surface area contributed by atoms with E-state index in [1.54, 1.807) is 0 Å². The normalized spacial score (nSPS) is 10.1. The van der Waals surface area contributed by atoms with Crippen LogP contribution < -0.4 is 10.5 Å². The van der Waals surface area contributed by atoms with Crippen LogP contribution in [0.5, 0.6) is 5.75 Å². The summed E-state index contributed by atoms with van der Waals surface area (Å²) in [5.41, 5.74) is 6.64. The van der Waals surface area contributed by atoms with Gasteiger partial charge in [0.2, 0.25) is 0 Å². The molecule has 0 atom stereocenters. The maximum atomic E-state index is 5.61. The average Bonchev–Trinajstić information content (AvgIpc) is 2.19. The summed E-state index contributed by atoms with van der Waals surface area (Å²) in [4.78, 5) is 0. The van der Waals surface area contributed by atoms with Crippen molar-refractivity contribution in [3.8, 4) is 5.75 Å². The van der Waals surface area contributed by atoms with Crippen molar-refractivity contribution in [1.29, 1.82) is 0 Å². The maximum Gasteiger partial charge on any atom is 0.123 e. The summed E-state index contributed by atoms with van der Waals surface area (Å²) in [6, 6.07) is 5.78. The van der Waals surface area contributed by atoms with Crippen molar-refractivity contribution in [3.05, 3.63) is 39.8 Å². The molecule has 4 heteroatoms. The molecule has 0 aliphatic rings. The van der Waals surface area contributed by atoms with E-state index in [9.17, 15) is 0 Å². The molecule has 2 nitrogen and oxygen atoms in total. The highest BCUT2D eigenvalue weighted by atomic mass is 79.9. The van der Waals surface area contributed by atoms with Gasteiger partial charge in [-0.25, -0.2) is 0 Å². The highest BCUT2D eigenvalue weighted by molar-refractivity contribution is 9.10. The highest BCUT2D eigenvalue weighted by Crippen LogP contribution is 2.23. The Bertz CT molecular complexity index is 354. The molecule has 0 heterocycles. The lowest BCUT2D eigenvalue weighted by molar-refractivity contribution is 0.359.